The Morgan fingerprint density at radius 1 is 1.03 bits per heavy atom. The lowest BCUT2D eigenvalue weighted by atomic mass is 10.00. The van der Waals surface area contributed by atoms with Gasteiger partial charge in [-0.1, -0.05) is 60.2 Å². The van der Waals surface area contributed by atoms with Gasteiger partial charge >= 0.3 is 0 Å². The van der Waals surface area contributed by atoms with Crippen molar-refractivity contribution in [1.82, 2.24) is 10.6 Å². The van der Waals surface area contributed by atoms with E-state index >= 15 is 0 Å². The smallest absolute Gasteiger partial charge is 0.251 e. The number of hydrogen-bond donors (Lipinski definition) is 3. The summed E-state index contributed by atoms with van der Waals surface area (Å²) in [6, 6.07) is 22.7. The number of carbonyl (C=O) groups is 2. The van der Waals surface area contributed by atoms with Crippen LogP contribution in [0, 0.1) is 6.92 Å². The first-order valence-electron chi connectivity index (χ1n) is 13.7. The van der Waals surface area contributed by atoms with Crippen LogP contribution in [0.2, 0.25) is 0 Å². The Morgan fingerprint density at radius 3 is 2.49 bits per heavy atom. The number of aryl methyl sites for hydroxylation is 1. The molecule has 1 fully saturated rings. The molecule has 4 rings (SSSR count). The molecule has 3 aromatic carbocycles. The fourth-order valence-corrected chi connectivity index (χ4v) is 4.86. The van der Waals surface area contributed by atoms with E-state index < -0.39 is 12.1 Å². The highest BCUT2D eigenvalue weighted by molar-refractivity contribution is 5.99. The molecule has 0 spiro atoms. The molecule has 1 heterocycles. The Bertz CT molecular complexity index is 1260. The molecule has 2 amide bonds. The third-order valence-corrected chi connectivity index (χ3v) is 6.75. The minimum atomic E-state index is -0.825. The van der Waals surface area contributed by atoms with Crippen LogP contribution in [0.1, 0.15) is 53.7 Å². The molecule has 1 aliphatic rings. The highest BCUT2D eigenvalue weighted by atomic mass is 16.5. The summed E-state index contributed by atoms with van der Waals surface area (Å²) >= 11 is 0. The van der Waals surface area contributed by atoms with Gasteiger partial charge < -0.3 is 25.4 Å². The van der Waals surface area contributed by atoms with Crippen LogP contribution < -0.4 is 20.3 Å². The molecule has 1 aliphatic heterocycles. The molecule has 7 nitrogen and oxygen atoms in total. The van der Waals surface area contributed by atoms with Crippen molar-refractivity contribution in [3.8, 4) is 5.75 Å². The van der Waals surface area contributed by atoms with Crippen molar-refractivity contribution < 1.29 is 19.4 Å². The number of hydrogen-bond acceptors (Lipinski definition) is 5. The first-order valence-corrected chi connectivity index (χ1v) is 13.7. The third kappa shape index (κ3) is 8.15. The van der Waals surface area contributed by atoms with Gasteiger partial charge in [0, 0.05) is 43.4 Å². The van der Waals surface area contributed by atoms with Gasteiger partial charge in [0.2, 0.25) is 5.91 Å². The number of aliphatic hydroxyl groups is 1. The predicted octanol–water partition coefficient (Wildman–Crippen LogP) is 4.40. The molecule has 0 aliphatic carbocycles. The van der Waals surface area contributed by atoms with Gasteiger partial charge in [-0.3, -0.25) is 9.59 Å². The predicted molar refractivity (Wildman–Crippen MR) is 154 cm³/mol. The average Bonchev–Trinajstić information content (AvgIpc) is 3.34. The normalized spacial score (nSPS) is 14.9. The number of rotatable bonds is 12. The van der Waals surface area contributed by atoms with Crippen molar-refractivity contribution >= 4 is 17.5 Å². The van der Waals surface area contributed by atoms with Gasteiger partial charge in [-0.05, 0) is 56.9 Å². The van der Waals surface area contributed by atoms with E-state index in [1.54, 1.807) is 17.0 Å². The quantitative estimate of drug-likeness (QED) is 0.324. The maximum atomic E-state index is 13.6. The minimum Gasteiger partial charge on any atom is -0.491 e. The summed E-state index contributed by atoms with van der Waals surface area (Å²) in [5, 5.41) is 17.6. The van der Waals surface area contributed by atoms with Gasteiger partial charge in [-0.15, -0.1) is 0 Å². The summed E-state index contributed by atoms with van der Waals surface area (Å²) in [4.78, 5) is 27.7. The zero-order valence-corrected chi connectivity index (χ0v) is 23.0. The Labute approximate surface area is 231 Å². The van der Waals surface area contributed by atoms with Crippen LogP contribution in [0.3, 0.4) is 0 Å². The van der Waals surface area contributed by atoms with Gasteiger partial charge in [0.05, 0.1) is 18.2 Å². The van der Waals surface area contributed by atoms with E-state index in [0.29, 0.717) is 49.5 Å². The second kappa shape index (κ2) is 13.4. The van der Waals surface area contributed by atoms with Crippen LogP contribution >= 0.6 is 0 Å². The number of nitrogens with zero attached hydrogens (tertiary/aromatic N) is 1. The molecule has 0 saturated carbocycles. The lowest BCUT2D eigenvalue weighted by molar-refractivity contribution is -0.117. The fraction of sp³-hybridized carbons (Fsp3) is 0.375. The van der Waals surface area contributed by atoms with E-state index in [0.717, 1.165) is 17.5 Å². The van der Waals surface area contributed by atoms with E-state index in [2.05, 4.69) is 29.7 Å². The minimum absolute atomic E-state index is 0.0418. The maximum absolute atomic E-state index is 13.6. The highest BCUT2D eigenvalue weighted by Crippen LogP contribution is 2.28. The highest BCUT2D eigenvalue weighted by Gasteiger charge is 2.26. The van der Waals surface area contributed by atoms with Gasteiger partial charge in [-0.2, -0.15) is 0 Å². The van der Waals surface area contributed by atoms with Crippen molar-refractivity contribution in [2.45, 2.75) is 64.8 Å². The Morgan fingerprint density at radius 2 is 1.79 bits per heavy atom. The molecule has 3 aromatic rings. The van der Waals surface area contributed by atoms with Crippen LogP contribution in [0.5, 0.6) is 5.75 Å². The van der Waals surface area contributed by atoms with Gasteiger partial charge in [0.1, 0.15) is 5.75 Å². The molecule has 7 heteroatoms. The monoisotopic (exact) mass is 529 g/mol. The fourth-order valence-electron chi connectivity index (χ4n) is 4.86. The molecule has 39 heavy (non-hydrogen) atoms. The van der Waals surface area contributed by atoms with Crippen molar-refractivity contribution in [2.24, 2.45) is 0 Å². The standard InChI is InChI=1S/C32H39N3O4/c1-22(2)39-28-18-26(17-27(19-28)35-14-8-13-31(35)37)32(38)34-29(16-24-10-5-4-6-11-24)30(36)21-33-20-25-12-7-9-23(3)15-25/h4-7,9-12,15,17-19,22,29-30,33,36H,8,13-14,16,20-21H2,1-3H3,(H,34,38)/t29-,30+/m0/s1. The number of anilines is 1. The zero-order chi connectivity index (χ0) is 27.8. The Balaban J connectivity index is 1.52. The number of nitrogens with one attached hydrogen (secondary N) is 2. The van der Waals surface area contributed by atoms with Gasteiger partial charge in [0.15, 0.2) is 0 Å². The van der Waals surface area contributed by atoms with Crippen molar-refractivity contribution in [3.63, 3.8) is 0 Å². The number of aliphatic hydroxyl groups excluding tert-OH is 1. The van der Waals surface area contributed by atoms with Crippen molar-refractivity contribution in [2.75, 3.05) is 18.0 Å². The molecular formula is C32H39N3O4. The Hall–Kier alpha value is -3.68. The van der Waals surface area contributed by atoms with Gasteiger partial charge in [-0.25, -0.2) is 0 Å². The molecular weight excluding hydrogens is 490 g/mol. The number of ether oxygens (including phenoxy) is 1. The largest absolute Gasteiger partial charge is 0.491 e. The first kappa shape index (κ1) is 28.3. The van der Waals surface area contributed by atoms with Crippen molar-refractivity contribution in [3.05, 3.63) is 95.1 Å². The van der Waals surface area contributed by atoms with E-state index in [1.165, 1.54) is 5.56 Å². The van der Waals surface area contributed by atoms with Crippen LogP contribution in [0.15, 0.2) is 72.8 Å². The molecule has 206 valence electrons. The summed E-state index contributed by atoms with van der Waals surface area (Å²) in [5.41, 5.74) is 4.38. The van der Waals surface area contributed by atoms with E-state index in [4.69, 9.17) is 4.74 Å². The van der Waals surface area contributed by atoms with Crippen LogP contribution in [0.25, 0.3) is 0 Å². The first-order chi connectivity index (χ1) is 18.8. The summed E-state index contributed by atoms with van der Waals surface area (Å²) < 4.78 is 5.91. The van der Waals surface area contributed by atoms with Gasteiger partial charge in [0.25, 0.3) is 5.91 Å². The topological polar surface area (TPSA) is 90.9 Å². The number of amides is 2. The van der Waals surface area contributed by atoms with E-state index in [1.807, 2.05) is 62.4 Å². The second-order valence-electron chi connectivity index (χ2n) is 10.5. The van der Waals surface area contributed by atoms with Crippen LogP contribution in [-0.4, -0.2) is 48.3 Å². The Kier molecular flexibility index (Phi) is 9.74. The third-order valence-electron chi connectivity index (χ3n) is 6.75. The average molecular weight is 530 g/mol. The van der Waals surface area contributed by atoms with Crippen molar-refractivity contribution in [1.29, 1.82) is 0 Å². The number of benzene rings is 3. The second-order valence-corrected chi connectivity index (χ2v) is 10.5. The summed E-state index contributed by atoms with van der Waals surface area (Å²) in [7, 11) is 0. The summed E-state index contributed by atoms with van der Waals surface area (Å²) in [6.07, 6.45) is 0.847. The number of carbonyl (C=O) groups excluding carboxylic acids is 2. The lowest BCUT2D eigenvalue weighted by Crippen LogP contribution is -2.48. The molecule has 0 unspecified atom stereocenters. The summed E-state index contributed by atoms with van der Waals surface area (Å²) in [6.45, 7) is 7.44. The van der Waals surface area contributed by atoms with Crippen LogP contribution in [0.4, 0.5) is 5.69 Å². The molecule has 0 bridgehead atoms. The molecule has 3 N–H and O–H groups in total. The molecule has 0 aromatic heterocycles. The lowest BCUT2D eigenvalue weighted by Gasteiger charge is -2.26. The zero-order valence-electron chi connectivity index (χ0n) is 23.0. The molecule has 0 radical (unpaired) electrons. The summed E-state index contributed by atoms with van der Waals surface area (Å²) in [5.74, 6) is 0.253. The van der Waals surface area contributed by atoms with E-state index in [-0.39, 0.29) is 17.9 Å². The van der Waals surface area contributed by atoms with E-state index in [9.17, 15) is 14.7 Å². The maximum Gasteiger partial charge on any atom is 0.251 e. The van der Waals surface area contributed by atoms with Crippen LogP contribution in [-0.2, 0) is 17.8 Å². The SMILES string of the molecule is Cc1cccc(CNC[C@@H](O)[C@H](Cc2ccccc2)NC(=O)c2cc(OC(C)C)cc(N3CCCC3=O)c2)c1. The molecule has 2 atom stereocenters. The molecule has 1 saturated heterocycles.